The second kappa shape index (κ2) is 2.48. The van der Waals surface area contributed by atoms with Crippen LogP contribution in [0.25, 0.3) is 0 Å². The molecule has 0 spiro atoms. The van der Waals surface area contributed by atoms with E-state index >= 15 is 0 Å². The third-order valence-corrected chi connectivity index (χ3v) is 1.95. The van der Waals surface area contributed by atoms with Crippen LogP contribution in [0, 0.1) is 0 Å². The van der Waals surface area contributed by atoms with Crippen LogP contribution in [0.1, 0.15) is 5.76 Å². The molecule has 0 aliphatic heterocycles. The third kappa shape index (κ3) is 1.28. The second-order valence-corrected chi connectivity index (χ2v) is 2.47. The van der Waals surface area contributed by atoms with Gasteiger partial charge >= 0.3 is 57.7 Å². The molecule has 0 atom stereocenters. The van der Waals surface area contributed by atoms with Crippen LogP contribution in [0.5, 0.6) is 0 Å². The quantitative estimate of drug-likeness (QED) is 0.741. The molecule has 0 aromatic carbocycles. The first-order chi connectivity index (χ1) is 3.43. The van der Waals surface area contributed by atoms with Crippen molar-refractivity contribution in [1.29, 1.82) is 0 Å². The average molecular weight is 291 g/mol. The molecule has 0 amide bonds. The number of furan rings is 1. The van der Waals surface area contributed by atoms with Gasteiger partial charge in [0.1, 0.15) is 0 Å². The zero-order chi connectivity index (χ0) is 5.11. The van der Waals surface area contributed by atoms with Crippen LogP contribution in [0.3, 0.4) is 0 Å². The average Bonchev–Trinajstić information content (AvgIpc) is 2.14. The minimum atomic E-state index is 1.10. The molecule has 1 aromatic rings. The molecule has 38 valence electrons. The molecule has 1 nitrogen and oxygen atoms in total. The molecular weight excluding hydrogens is 285 g/mol. The first kappa shape index (κ1) is 5.32. The van der Waals surface area contributed by atoms with Crippen molar-refractivity contribution in [2.24, 2.45) is 0 Å². The zero-order valence-corrected chi connectivity index (χ0v) is 7.27. The van der Waals surface area contributed by atoms with Crippen LogP contribution in [-0.4, -0.2) is 25.1 Å². The monoisotopic (exact) mass is 291 g/mol. The molecule has 0 unspecified atom stereocenters. The Balaban J connectivity index is 2.76. The zero-order valence-electron chi connectivity index (χ0n) is 3.79. The number of rotatable bonds is 1. The minimum absolute atomic E-state index is 1.10. The second-order valence-electron chi connectivity index (χ2n) is 1.24. The van der Waals surface area contributed by atoms with E-state index in [9.17, 15) is 0 Å². The summed E-state index contributed by atoms with van der Waals surface area (Å²) in [6.45, 7) is 0. The van der Waals surface area contributed by atoms with Crippen LogP contribution in [0.15, 0.2) is 22.8 Å². The van der Waals surface area contributed by atoms with Gasteiger partial charge in [-0.1, -0.05) is 0 Å². The Morgan fingerprint density at radius 1 is 1.71 bits per heavy atom. The van der Waals surface area contributed by atoms with Crippen LogP contribution in [0.4, 0.5) is 0 Å². The molecule has 1 rings (SSSR count). The summed E-state index contributed by atoms with van der Waals surface area (Å²) in [4.78, 5) is 0. The van der Waals surface area contributed by atoms with Gasteiger partial charge in [-0.3, -0.25) is 0 Å². The Kier molecular flexibility index (Phi) is 1.88. The van der Waals surface area contributed by atoms with E-state index in [1.54, 1.807) is 6.26 Å². The molecular formula is C5H6OPo. The van der Waals surface area contributed by atoms with E-state index in [2.05, 4.69) is 0 Å². The Labute approximate surface area is 57.8 Å². The van der Waals surface area contributed by atoms with Crippen molar-refractivity contribution in [1.82, 2.24) is 0 Å². The first-order valence-electron chi connectivity index (χ1n) is 2.06. The van der Waals surface area contributed by atoms with Gasteiger partial charge in [0.2, 0.25) is 0 Å². The number of hydrogen-bond acceptors (Lipinski definition) is 1. The van der Waals surface area contributed by atoms with Crippen LogP contribution >= 0.6 is 0 Å². The van der Waals surface area contributed by atoms with Gasteiger partial charge in [0.05, 0.1) is 0 Å². The van der Waals surface area contributed by atoms with Gasteiger partial charge in [0.25, 0.3) is 0 Å². The van der Waals surface area contributed by atoms with Crippen molar-refractivity contribution >= 4 is 25.1 Å². The van der Waals surface area contributed by atoms with Gasteiger partial charge in [0.15, 0.2) is 0 Å². The normalized spacial score (nSPS) is 9.29. The van der Waals surface area contributed by atoms with E-state index in [-0.39, 0.29) is 0 Å². The van der Waals surface area contributed by atoms with Crippen molar-refractivity contribution in [3.8, 4) is 0 Å². The Hall–Kier alpha value is 0.176. The third-order valence-electron chi connectivity index (χ3n) is 0.736. The standard InChI is InChI=1S/C5H5O.Po.H/c1-5-3-2-4-6-5;;/h2-4H,1H2;;. The fourth-order valence-electron chi connectivity index (χ4n) is 0.403. The molecule has 0 saturated heterocycles. The molecule has 0 bridgehead atoms. The van der Waals surface area contributed by atoms with E-state index < -0.39 is 0 Å². The first-order valence-corrected chi connectivity index (χ1v) is 4.52. The molecule has 0 N–H and O–H groups in total. The predicted octanol–water partition coefficient (Wildman–Crippen LogP) is 0.680. The summed E-state index contributed by atoms with van der Waals surface area (Å²) in [6.07, 6.45) is 1.71. The topological polar surface area (TPSA) is 13.1 Å². The Bertz CT molecular complexity index is 123. The number of hydrogen-bond donors (Lipinski definition) is 0. The fourth-order valence-corrected chi connectivity index (χ4v) is 1.10. The summed E-state index contributed by atoms with van der Waals surface area (Å²) in [5, 5.41) is 0. The summed E-state index contributed by atoms with van der Waals surface area (Å²) >= 11 is 1.37. The van der Waals surface area contributed by atoms with Gasteiger partial charge in [-0.25, -0.2) is 0 Å². The van der Waals surface area contributed by atoms with Gasteiger partial charge in [-0.2, -0.15) is 0 Å². The van der Waals surface area contributed by atoms with Gasteiger partial charge in [0, 0.05) is 0 Å². The molecule has 7 heavy (non-hydrogen) atoms. The molecule has 0 radical (unpaired) electrons. The van der Waals surface area contributed by atoms with E-state index in [4.69, 9.17) is 4.42 Å². The molecule has 1 aromatic heterocycles. The molecule has 0 fully saturated rings. The summed E-state index contributed by atoms with van der Waals surface area (Å²) in [6, 6.07) is 3.92. The van der Waals surface area contributed by atoms with Crippen LogP contribution in [0.2, 0.25) is 0 Å². The van der Waals surface area contributed by atoms with E-state index in [0.29, 0.717) is 0 Å². The van der Waals surface area contributed by atoms with Crippen molar-refractivity contribution in [2.45, 2.75) is 4.08 Å². The van der Waals surface area contributed by atoms with Crippen LogP contribution < -0.4 is 0 Å². The van der Waals surface area contributed by atoms with Crippen molar-refractivity contribution in [3.05, 3.63) is 24.2 Å². The molecule has 1 heterocycles. The molecule has 0 aliphatic carbocycles. The maximum atomic E-state index is 5.01. The van der Waals surface area contributed by atoms with E-state index in [1.165, 1.54) is 25.1 Å². The molecule has 0 aliphatic rings. The van der Waals surface area contributed by atoms with E-state index in [0.717, 1.165) is 9.84 Å². The summed E-state index contributed by atoms with van der Waals surface area (Å²) in [7, 11) is 0. The summed E-state index contributed by atoms with van der Waals surface area (Å²) in [5.74, 6) is 1.10. The van der Waals surface area contributed by atoms with Crippen molar-refractivity contribution < 1.29 is 4.42 Å². The van der Waals surface area contributed by atoms with Crippen LogP contribution in [-0.2, 0) is 4.08 Å². The summed E-state index contributed by atoms with van der Waals surface area (Å²) in [5.41, 5.74) is 0. The SMILES string of the molecule is [PoH][CH2]c1ccco1. The maximum absolute atomic E-state index is 5.01. The van der Waals surface area contributed by atoms with Crippen molar-refractivity contribution in [2.75, 3.05) is 0 Å². The molecule has 0 saturated carbocycles. The Morgan fingerprint density at radius 2 is 2.57 bits per heavy atom. The van der Waals surface area contributed by atoms with Crippen molar-refractivity contribution in [3.63, 3.8) is 0 Å². The Morgan fingerprint density at radius 3 is 2.86 bits per heavy atom. The van der Waals surface area contributed by atoms with Gasteiger partial charge in [-0.05, 0) is 0 Å². The van der Waals surface area contributed by atoms with Gasteiger partial charge in [-0.15, -0.1) is 0 Å². The summed E-state index contributed by atoms with van der Waals surface area (Å²) < 4.78 is 6.11. The van der Waals surface area contributed by atoms with E-state index in [1.807, 2.05) is 12.1 Å². The van der Waals surface area contributed by atoms with Gasteiger partial charge < -0.3 is 0 Å². The predicted molar refractivity (Wildman–Crippen MR) is 29.6 cm³/mol. The fraction of sp³-hybridized carbons (Fsp3) is 0.200. The molecule has 2 heteroatoms.